The van der Waals surface area contributed by atoms with Gasteiger partial charge in [0.15, 0.2) is 0 Å². The van der Waals surface area contributed by atoms with Crippen LogP contribution in [-0.2, 0) is 11.2 Å². The van der Waals surface area contributed by atoms with Crippen LogP contribution in [0.5, 0.6) is 0 Å². The summed E-state index contributed by atoms with van der Waals surface area (Å²) in [7, 11) is 0. The number of benzene rings is 1. The molecule has 1 N–H and O–H groups in total. The van der Waals surface area contributed by atoms with Crippen LogP contribution < -0.4 is 5.32 Å². The highest BCUT2D eigenvalue weighted by atomic mass is 16.1. The van der Waals surface area contributed by atoms with Crippen LogP contribution in [0.25, 0.3) is 0 Å². The number of aldehydes is 1. The second kappa shape index (κ2) is 4.58. The number of carbonyl (C=O) groups is 1. The summed E-state index contributed by atoms with van der Waals surface area (Å²) in [5, 5.41) is 3.30. The molecule has 2 rings (SSSR count). The van der Waals surface area contributed by atoms with Gasteiger partial charge in [-0.15, -0.1) is 0 Å². The normalized spacial score (nSPS) is 19.7. The maximum Gasteiger partial charge on any atom is 0.126 e. The first-order chi connectivity index (χ1) is 7.35. The molecule has 0 spiro atoms. The van der Waals surface area contributed by atoms with Gasteiger partial charge in [0.1, 0.15) is 6.29 Å². The summed E-state index contributed by atoms with van der Waals surface area (Å²) in [5.74, 6) is 0. The van der Waals surface area contributed by atoms with Gasteiger partial charge in [-0.1, -0.05) is 30.3 Å². The van der Waals surface area contributed by atoms with Crippen LogP contribution in [0.15, 0.2) is 30.3 Å². The van der Waals surface area contributed by atoms with Crippen LogP contribution in [-0.4, -0.2) is 19.4 Å². The van der Waals surface area contributed by atoms with Crippen molar-refractivity contribution in [3.8, 4) is 0 Å². The zero-order chi connectivity index (χ0) is 10.6. The molecule has 1 aliphatic heterocycles. The number of piperidine rings is 1. The summed E-state index contributed by atoms with van der Waals surface area (Å²) in [6.07, 6.45) is 3.98. The average Bonchev–Trinajstić information content (AvgIpc) is 2.32. The average molecular weight is 203 g/mol. The Labute approximate surface area is 90.7 Å². The third kappa shape index (κ3) is 2.45. The third-order valence-corrected chi connectivity index (χ3v) is 3.25. The van der Waals surface area contributed by atoms with E-state index in [9.17, 15) is 4.79 Å². The highest BCUT2D eigenvalue weighted by Crippen LogP contribution is 2.30. The fourth-order valence-corrected chi connectivity index (χ4v) is 2.26. The van der Waals surface area contributed by atoms with Crippen LogP contribution in [0.4, 0.5) is 0 Å². The van der Waals surface area contributed by atoms with E-state index in [1.54, 1.807) is 0 Å². The van der Waals surface area contributed by atoms with Crippen molar-refractivity contribution in [1.29, 1.82) is 0 Å². The molecule has 0 radical (unpaired) electrons. The molecule has 15 heavy (non-hydrogen) atoms. The molecule has 0 aliphatic carbocycles. The van der Waals surface area contributed by atoms with Gasteiger partial charge in [-0.25, -0.2) is 0 Å². The quantitative estimate of drug-likeness (QED) is 0.759. The molecular formula is C13H17NO. The van der Waals surface area contributed by atoms with Crippen molar-refractivity contribution in [2.75, 3.05) is 13.1 Å². The highest BCUT2D eigenvalue weighted by Gasteiger charge is 2.31. The van der Waals surface area contributed by atoms with E-state index in [0.29, 0.717) is 0 Å². The Hall–Kier alpha value is -1.15. The lowest BCUT2D eigenvalue weighted by Crippen LogP contribution is -2.39. The van der Waals surface area contributed by atoms with E-state index in [1.807, 2.05) is 18.2 Å². The molecule has 80 valence electrons. The number of carbonyl (C=O) groups excluding carboxylic acids is 1. The highest BCUT2D eigenvalue weighted by molar-refractivity contribution is 5.60. The lowest BCUT2D eigenvalue weighted by Gasteiger charge is -2.32. The zero-order valence-electron chi connectivity index (χ0n) is 8.91. The Balaban J connectivity index is 2.10. The van der Waals surface area contributed by atoms with Crippen LogP contribution in [0.1, 0.15) is 18.4 Å². The van der Waals surface area contributed by atoms with Crippen LogP contribution in [0.3, 0.4) is 0 Å². The molecule has 0 unspecified atom stereocenters. The van der Waals surface area contributed by atoms with Gasteiger partial charge in [0.25, 0.3) is 0 Å². The van der Waals surface area contributed by atoms with Crippen molar-refractivity contribution in [2.45, 2.75) is 19.3 Å². The number of rotatable bonds is 3. The standard InChI is InChI=1S/C13H17NO/c15-11-13(6-8-14-9-7-13)10-12-4-2-1-3-5-12/h1-5,11,14H,6-10H2. The van der Waals surface area contributed by atoms with Gasteiger partial charge in [-0.3, -0.25) is 0 Å². The van der Waals surface area contributed by atoms with Crippen molar-refractivity contribution in [2.24, 2.45) is 5.41 Å². The molecule has 0 atom stereocenters. The monoisotopic (exact) mass is 203 g/mol. The number of hydrogen-bond acceptors (Lipinski definition) is 2. The lowest BCUT2D eigenvalue weighted by molar-refractivity contribution is -0.117. The summed E-state index contributed by atoms with van der Waals surface area (Å²) in [6, 6.07) is 10.3. The molecule has 1 aromatic rings. The molecule has 0 amide bonds. The topological polar surface area (TPSA) is 29.1 Å². The number of hydrogen-bond donors (Lipinski definition) is 1. The minimum Gasteiger partial charge on any atom is -0.317 e. The summed E-state index contributed by atoms with van der Waals surface area (Å²) < 4.78 is 0. The minimum atomic E-state index is -0.118. The summed E-state index contributed by atoms with van der Waals surface area (Å²) in [6.45, 7) is 1.93. The molecule has 0 bridgehead atoms. The molecule has 1 aliphatic rings. The second-order valence-electron chi connectivity index (χ2n) is 4.39. The molecule has 0 saturated carbocycles. The van der Waals surface area contributed by atoms with Crippen LogP contribution in [0.2, 0.25) is 0 Å². The lowest BCUT2D eigenvalue weighted by atomic mass is 9.75. The van der Waals surface area contributed by atoms with Gasteiger partial charge in [-0.05, 0) is 37.9 Å². The first kappa shape index (κ1) is 10.4. The van der Waals surface area contributed by atoms with E-state index < -0.39 is 0 Å². The van der Waals surface area contributed by atoms with E-state index in [2.05, 4.69) is 17.4 Å². The minimum absolute atomic E-state index is 0.118. The van der Waals surface area contributed by atoms with E-state index in [4.69, 9.17) is 0 Å². The first-order valence-electron chi connectivity index (χ1n) is 5.56. The smallest absolute Gasteiger partial charge is 0.126 e. The SMILES string of the molecule is O=CC1(Cc2ccccc2)CCNCC1. The molecule has 1 fully saturated rings. The van der Waals surface area contributed by atoms with E-state index in [1.165, 1.54) is 11.8 Å². The first-order valence-corrected chi connectivity index (χ1v) is 5.56. The Kier molecular flexibility index (Phi) is 3.17. The zero-order valence-corrected chi connectivity index (χ0v) is 8.91. The largest absolute Gasteiger partial charge is 0.317 e. The Morgan fingerprint density at radius 2 is 1.87 bits per heavy atom. The molecule has 1 aromatic carbocycles. The predicted molar refractivity (Wildman–Crippen MR) is 60.7 cm³/mol. The van der Waals surface area contributed by atoms with Crippen molar-refractivity contribution in [3.05, 3.63) is 35.9 Å². The fraction of sp³-hybridized carbons (Fsp3) is 0.462. The molecule has 2 heteroatoms. The number of nitrogens with one attached hydrogen (secondary N) is 1. The van der Waals surface area contributed by atoms with Gasteiger partial charge in [0, 0.05) is 5.41 Å². The summed E-state index contributed by atoms with van der Waals surface area (Å²) in [4.78, 5) is 11.3. The van der Waals surface area contributed by atoms with Gasteiger partial charge in [0.2, 0.25) is 0 Å². The Morgan fingerprint density at radius 1 is 1.20 bits per heavy atom. The van der Waals surface area contributed by atoms with E-state index in [-0.39, 0.29) is 5.41 Å². The van der Waals surface area contributed by atoms with Crippen LogP contribution in [0, 0.1) is 5.41 Å². The molecule has 1 heterocycles. The fourth-order valence-electron chi connectivity index (χ4n) is 2.26. The van der Waals surface area contributed by atoms with Gasteiger partial charge in [-0.2, -0.15) is 0 Å². The maximum absolute atomic E-state index is 11.3. The van der Waals surface area contributed by atoms with E-state index >= 15 is 0 Å². The Bertz CT molecular complexity index is 315. The molecular weight excluding hydrogens is 186 g/mol. The van der Waals surface area contributed by atoms with Gasteiger partial charge < -0.3 is 10.1 Å². The molecule has 2 nitrogen and oxygen atoms in total. The van der Waals surface area contributed by atoms with E-state index in [0.717, 1.165) is 32.4 Å². The summed E-state index contributed by atoms with van der Waals surface area (Å²) in [5.41, 5.74) is 1.15. The molecule has 0 aromatic heterocycles. The third-order valence-electron chi connectivity index (χ3n) is 3.25. The van der Waals surface area contributed by atoms with Crippen molar-refractivity contribution in [1.82, 2.24) is 5.32 Å². The Morgan fingerprint density at radius 3 is 2.47 bits per heavy atom. The van der Waals surface area contributed by atoms with Gasteiger partial charge in [0.05, 0.1) is 0 Å². The second-order valence-corrected chi connectivity index (χ2v) is 4.39. The maximum atomic E-state index is 11.3. The van der Waals surface area contributed by atoms with Crippen molar-refractivity contribution in [3.63, 3.8) is 0 Å². The van der Waals surface area contributed by atoms with Crippen LogP contribution >= 0.6 is 0 Å². The predicted octanol–water partition coefficient (Wildman–Crippen LogP) is 1.80. The molecule has 1 saturated heterocycles. The van der Waals surface area contributed by atoms with Crippen molar-refractivity contribution < 1.29 is 4.79 Å². The van der Waals surface area contributed by atoms with Crippen molar-refractivity contribution >= 4 is 6.29 Å². The summed E-state index contributed by atoms with van der Waals surface area (Å²) >= 11 is 0. The van der Waals surface area contributed by atoms with Gasteiger partial charge >= 0.3 is 0 Å².